The Kier molecular flexibility index (Phi) is 6.58. The standard InChI is InChI=1S/C25H23ClN4O5/c1-4-33-19-11-15(10-18(26)22(19)34-5-2)21-17(12-27)23(28)35-24-20(21)13(3)29-30(24)16-8-6-7-14(9-16)25(31)32/h6-11,21H,4-5,28H2,1-3H3,(H,31,32). The van der Waals surface area contributed by atoms with Crippen molar-refractivity contribution in [3.63, 3.8) is 0 Å². The first-order chi connectivity index (χ1) is 16.8. The van der Waals surface area contributed by atoms with Crippen LogP contribution in [0.25, 0.3) is 5.69 Å². The van der Waals surface area contributed by atoms with Crippen LogP contribution in [0.5, 0.6) is 17.4 Å². The molecule has 1 unspecified atom stereocenters. The van der Waals surface area contributed by atoms with E-state index in [2.05, 4.69) is 11.2 Å². The van der Waals surface area contributed by atoms with E-state index in [1.165, 1.54) is 16.8 Å². The summed E-state index contributed by atoms with van der Waals surface area (Å²) in [5.74, 6) is -0.645. The van der Waals surface area contributed by atoms with Gasteiger partial charge in [0.1, 0.15) is 11.6 Å². The van der Waals surface area contributed by atoms with E-state index in [1.807, 2.05) is 13.8 Å². The number of nitrogens with zero attached hydrogens (tertiary/aromatic N) is 3. The lowest BCUT2D eigenvalue weighted by molar-refractivity contribution is 0.0697. The summed E-state index contributed by atoms with van der Waals surface area (Å²) in [5.41, 5.74) is 8.79. The Morgan fingerprint density at radius 1 is 1.29 bits per heavy atom. The number of fused-ring (bicyclic) bond motifs is 1. The third-order valence-electron chi connectivity index (χ3n) is 5.52. The molecule has 0 amide bonds. The Balaban J connectivity index is 1.94. The third kappa shape index (κ3) is 4.24. The highest BCUT2D eigenvalue weighted by molar-refractivity contribution is 6.32. The highest BCUT2D eigenvalue weighted by Crippen LogP contribution is 2.48. The van der Waals surface area contributed by atoms with Crippen molar-refractivity contribution in [1.29, 1.82) is 5.26 Å². The Hall–Kier alpha value is -4.16. The number of rotatable bonds is 7. The second kappa shape index (κ2) is 9.60. The molecule has 3 N–H and O–H groups in total. The van der Waals surface area contributed by atoms with Crippen LogP contribution in [0.3, 0.4) is 0 Å². The summed E-state index contributed by atoms with van der Waals surface area (Å²) in [4.78, 5) is 11.5. The molecule has 0 radical (unpaired) electrons. The minimum absolute atomic E-state index is 0.0801. The predicted octanol–water partition coefficient (Wildman–Crippen LogP) is 4.55. The normalized spacial score (nSPS) is 14.7. The van der Waals surface area contributed by atoms with Crippen LogP contribution < -0.4 is 19.9 Å². The number of carboxylic acid groups (broad SMARTS) is 1. The Morgan fingerprint density at radius 2 is 2.03 bits per heavy atom. The molecule has 10 heteroatoms. The van der Waals surface area contributed by atoms with Crippen LogP contribution in [-0.2, 0) is 0 Å². The van der Waals surface area contributed by atoms with Gasteiger partial charge in [0.2, 0.25) is 11.8 Å². The lowest BCUT2D eigenvalue weighted by Crippen LogP contribution is -2.22. The number of benzene rings is 2. The van der Waals surface area contributed by atoms with Crippen LogP contribution >= 0.6 is 11.6 Å². The van der Waals surface area contributed by atoms with Crippen molar-refractivity contribution in [3.05, 3.63) is 75.3 Å². The molecule has 180 valence electrons. The molecular formula is C25H23ClN4O5. The number of aromatic carboxylic acids is 1. The van der Waals surface area contributed by atoms with Crippen molar-refractivity contribution in [2.45, 2.75) is 26.7 Å². The molecule has 0 bridgehead atoms. The third-order valence-corrected chi connectivity index (χ3v) is 5.80. The molecule has 9 nitrogen and oxygen atoms in total. The van der Waals surface area contributed by atoms with Gasteiger partial charge in [-0.3, -0.25) is 0 Å². The molecule has 0 saturated heterocycles. The average molecular weight is 495 g/mol. The van der Waals surface area contributed by atoms with Crippen LogP contribution in [0.1, 0.15) is 46.9 Å². The summed E-state index contributed by atoms with van der Waals surface area (Å²) in [7, 11) is 0. The van der Waals surface area contributed by atoms with Gasteiger partial charge in [-0.05, 0) is 56.7 Å². The second-order valence-corrected chi connectivity index (χ2v) is 8.10. The number of nitrogens with two attached hydrogens (primary N) is 1. The molecule has 2 heterocycles. The molecule has 1 aromatic heterocycles. The Bertz CT molecular complexity index is 1390. The zero-order valence-corrected chi connectivity index (χ0v) is 20.1. The molecule has 0 spiro atoms. The molecule has 35 heavy (non-hydrogen) atoms. The van der Waals surface area contributed by atoms with Gasteiger partial charge in [-0.25, -0.2) is 9.48 Å². The van der Waals surface area contributed by atoms with E-state index < -0.39 is 11.9 Å². The molecule has 1 aliphatic rings. The maximum atomic E-state index is 11.5. The van der Waals surface area contributed by atoms with Crippen molar-refractivity contribution in [2.75, 3.05) is 13.2 Å². The minimum atomic E-state index is -1.07. The van der Waals surface area contributed by atoms with Crippen LogP contribution in [-0.4, -0.2) is 34.1 Å². The summed E-state index contributed by atoms with van der Waals surface area (Å²) >= 11 is 6.57. The van der Waals surface area contributed by atoms with Gasteiger partial charge in [-0.1, -0.05) is 17.7 Å². The number of allylic oxidation sites excluding steroid dienone is 1. The topological polar surface area (TPSA) is 133 Å². The molecule has 0 fully saturated rings. The number of carbonyl (C=O) groups is 1. The van der Waals surface area contributed by atoms with Gasteiger partial charge in [0.05, 0.1) is 46.7 Å². The molecule has 0 saturated carbocycles. The minimum Gasteiger partial charge on any atom is -0.490 e. The van der Waals surface area contributed by atoms with Crippen molar-refractivity contribution in [1.82, 2.24) is 9.78 Å². The summed E-state index contributed by atoms with van der Waals surface area (Å²) in [6.07, 6.45) is 0. The van der Waals surface area contributed by atoms with Gasteiger partial charge in [-0.2, -0.15) is 10.4 Å². The van der Waals surface area contributed by atoms with Crippen LogP contribution in [0.2, 0.25) is 5.02 Å². The highest BCUT2D eigenvalue weighted by atomic mass is 35.5. The number of hydrogen-bond donors (Lipinski definition) is 2. The first-order valence-corrected chi connectivity index (χ1v) is 11.3. The van der Waals surface area contributed by atoms with Crippen molar-refractivity contribution in [2.24, 2.45) is 5.73 Å². The fourth-order valence-corrected chi connectivity index (χ4v) is 4.37. The molecule has 1 atom stereocenters. The molecular weight excluding hydrogens is 472 g/mol. The van der Waals surface area contributed by atoms with Gasteiger partial charge in [0, 0.05) is 0 Å². The van der Waals surface area contributed by atoms with Crippen molar-refractivity contribution >= 4 is 17.6 Å². The zero-order chi connectivity index (χ0) is 25.3. The molecule has 2 aromatic carbocycles. The first kappa shape index (κ1) is 24.0. The number of ether oxygens (including phenoxy) is 3. The smallest absolute Gasteiger partial charge is 0.335 e. The van der Waals surface area contributed by atoms with Crippen molar-refractivity contribution < 1.29 is 24.1 Å². The van der Waals surface area contributed by atoms with E-state index in [-0.39, 0.29) is 22.9 Å². The summed E-state index contributed by atoms with van der Waals surface area (Å²) < 4.78 is 18.8. The zero-order valence-electron chi connectivity index (χ0n) is 19.3. The monoisotopic (exact) mass is 494 g/mol. The SMILES string of the molecule is CCOc1cc(C2C(C#N)=C(N)Oc3c2c(C)nn3-c2cccc(C(=O)O)c2)cc(Cl)c1OCC. The largest absolute Gasteiger partial charge is 0.490 e. The maximum absolute atomic E-state index is 11.5. The number of aryl methyl sites for hydroxylation is 1. The van der Waals surface area contributed by atoms with Crippen LogP contribution in [0.15, 0.2) is 47.9 Å². The fourth-order valence-electron chi connectivity index (χ4n) is 4.10. The lowest BCUT2D eigenvalue weighted by atomic mass is 9.84. The van der Waals surface area contributed by atoms with E-state index >= 15 is 0 Å². The number of hydrogen-bond acceptors (Lipinski definition) is 7. The number of halogens is 1. The van der Waals surface area contributed by atoms with E-state index in [0.29, 0.717) is 52.2 Å². The number of nitriles is 1. The Labute approximate surface area is 206 Å². The second-order valence-electron chi connectivity index (χ2n) is 7.69. The van der Waals surface area contributed by atoms with Crippen LogP contribution in [0, 0.1) is 18.3 Å². The lowest BCUT2D eigenvalue weighted by Gasteiger charge is -2.26. The van der Waals surface area contributed by atoms with Gasteiger partial charge in [0.25, 0.3) is 0 Å². The Morgan fingerprint density at radius 3 is 2.69 bits per heavy atom. The number of carboxylic acids is 1. The molecule has 4 rings (SSSR count). The van der Waals surface area contributed by atoms with E-state index in [0.717, 1.165) is 0 Å². The van der Waals surface area contributed by atoms with Gasteiger partial charge in [0.15, 0.2) is 11.5 Å². The van der Waals surface area contributed by atoms with Gasteiger partial charge in [-0.15, -0.1) is 0 Å². The predicted molar refractivity (Wildman–Crippen MR) is 128 cm³/mol. The number of aromatic nitrogens is 2. The van der Waals surface area contributed by atoms with E-state index in [9.17, 15) is 15.2 Å². The summed E-state index contributed by atoms with van der Waals surface area (Å²) in [6, 6.07) is 11.9. The van der Waals surface area contributed by atoms with Gasteiger partial charge >= 0.3 is 5.97 Å². The van der Waals surface area contributed by atoms with E-state index in [1.54, 1.807) is 31.2 Å². The fraction of sp³-hybridized carbons (Fsp3) is 0.240. The highest BCUT2D eigenvalue weighted by Gasteiger charge is 2.37. The van der Waals surface area contributed by atoms with Gasteiger partial charge < -0.3 is 25.1 Å². The summed E-state index contributed by atoms with van der Waals surface area (Å²) in [6.45, 7) is 6.26. The van der Waals surface area contributed by atoms with Crippen molar-refractivity contribution in [3.8, 4) is 29.1 Å². The summed E-state index contributed by atoms with van der Waals surface area (Å²) in [5, 5.41) is 24.3. The first-order valence-electron chi connectivity index (χ1n) is 10.9. The molecule has 1 aliphatic heterocycles. The van der Waals surface area contributed by atoms with Crippen LogP contribution in [0.4, 0.5) is 0 Å². The quantitative estimate of drug-likeness (QED) is 0.488. The molecule has 0 aliphatic carbocycles. The molecule has 3 aromatic rings. The average Bonchev–Trinajstić information content (AvgIpc) is 3.16. The maximum Gasteiger partial charge on any atom is 0.335 e. The van der Waals surface area contributed by atoms with E-state index in [4.69, 9.17) is 31.5 Å².